The predicted molar refractivity (Wildman–Crippen MR) is 149 cm³/mol. The topological polar surface area (TPSA) is 251 Å². The molecule has 0 spiro atoms. The molecule has 2 aromatic rings. The van der Waals surface area contributed by atoms with Gasteiger partial charge in [-0.2, -0.15) is 12.6 Å². The molecule has 0 saturated heterocycles. The number of thiol groups is 1. The number of carbonyl (C=O) groups is 4. The van der Waals surface area contributed by atoms with Crippen LogP contribution in [0, 0.1) is 0 Å². The highest BCUT2D eigenvalue weighted by molar-refractivity contribution is 7.80. The van der Waals surface area contributed by atoms with E-state index in [-0.39, 0.29) is 31.1 Å². The van der Waals surface area contributed by atoms with Gasteiger partial charge in [-0.05, 0) is 37.8 Å². The molecule has 3 amide bonds. The Morgan fingerprint density at radius 1 is 1.05 bits per heavy atom. The summed E-state index contributed by atoms with van der Waals surface area (Å²) in [6.45, 7) is 1.39. The number of guanidine groups is 1. The van der Waals surface area contributed by atoms with E-state index in [1.54, 1.807) is 6.20 Å². The number of hydrogen-bond donors (Lipinski definition) is 10. The molecule has 0 fully saturated rings. The first-order valence-corrected chi connectivity index (χ1v) is 12.9. The second-order valence-corrected chi connectivity index (χ2v) is 9.35. The number of amides is 3. The second-order valence-electron chi connectivity index (χ2n) is 8.99. The number of nitrogens with two attached hydrogens (primary N) is 3. The molecule has 0 saturated carbocycles. The molecule has 12 N–H and O–H groups in total. The maximum absolute atomic E-state index is 13.1. The number of fused-ring (bicyclic) bond motifs is 1. The molecule has 0 aliphatic carbocycles. The minimum Gasteiger partial charge on any atom is -0.480 e. The van der Waals surface area contributed by atoms with E-state index < -0.39 is 54.0 Å². The summed E-state index contributed by atoms with van der Waals surface area (Å²) in [6.07, 6.45) is 1.01. The van der Waals surface area contributed by atoms with Crippen molar-refractivity contribution < 1.29 is 29.4 Å². The summed E-state index contributed by atoms with van der Waals surface area (Å²) < 4.78 is 0. The summed E-state index contributed by atoms with van der Waals surface area (Å²) >= 11 is 4.07. The lowest BCUT2D eigenvalue weighted by molar-refractivity contribution is -0.145. The van der Waals surface area contributed by atoms with Crippen LogP contribution in [0.2, 0.25) is 0 Å². The Balaban J connectivity index is 2.11. The van der Waals surface area contributed by atoms with Crippen molar-refractivity contribution in [3.8, 4) is 0 Å². The van der Waals surface area contributed by atoms with Crippen molar-refractivity contribution in [3.05, 3.63) is 36.0 Å². The molecule has 214 valence electrons. The van der Waals surface area contributed by atoms with Gasteiger partial charge in [-0.15, -0.1) is 0 Å². The Labute approximate surface area is 230 Å². The van der Waals surface area contributed by atoms with Gasteiger partial charge in [-0.1, -0.05) is 18.2 Å². The largest absolute Gasteiger partial charge is 0.480 e. The zero-order valence-electron chi connectivity index (χ0n) is 21.5. The molecule has 2 rings (SSSR count). The molecule has 39 heavy (non-hydrogen) atoms. The third-order valence-corrected chi connectivity index (χ3v) is 6.26. The van der Waals surface area contributed by atoms with E-state index in [0.29, 0.717) is 6.42 Å². The minimum absolute atomic E-state index is 0.112. The summed E-state index contributed by atoms with van der Waals surface area (Å²) in [7, 11) is 0. The monoisotopic (exact) mass is 564 g/mol. The number of carboxylic acid groups (broad SMARTS) is 1. The number of nitrogens with zero attached hydrogens (tertiary/aromatic N) is 1. The number of aliphatic imine (C=N–C) groups is 1. The van der Waals surface area contributed by atoms with Gasteiger partial charge >= 0.3 is 5.97 Å². The lowest BCUT2D eigenvalue weighted by Crippen LogP contribution is -2.59. The van der Waals surface area contributed by atoms with Crippen LogP contribution in [-0.2, 0) is 25.6 Å². The van der Waals surface area contributed by atoms with Crippen molar-refractivity contribution in [2.75, 3.05) is 12.3 Å². The van der Waals surface area contributed by atoms with Crippen molar-refractivity contribution in [3.63, 3.8) is 0 Å². The van der Waals surface area contributed by atoms with Crippen LogP contribution in [0.15, 0.2) is 35.5 Å². The van der Waals surface area contributed by atoms with E-state index in [4.69, 9.17) is 17.2 Å². The molecular weight excluding hydrogens is 528 g/mol. The molecule has 0 radical (unpaired) electrons. The highest BCUT2D eigenvalue weighted by atomic mass is 32.1. The number of aliphatic hydroxyl groups is 1. The zero-order chi connectivity index (χ0) is 29.1. The number of carbonyl (C=O) groups excluding carboxylic acids is 3. The standard InChI is InChI=1S/C24H36N8O6S/c1-12(33)19(23(37)38)32-22(36)18(11-39)31-21(35)17(7-4-8-28-24(26)27)30-20(34)15(25)9-13-10-29-16-6-3-2-5-14(13)16/h2-3,5-6,10,12,15,17-19,29,33,39H,4,7-9,11,25H2,1H3,(H,30,34)(H,31,35)(H,32,36)(H,37,38)(H4,26,27,28). The number of carboxylic acids is 1. The van der Waals surface area contributed by atoms with Gasteiger partial charge in [0.1, 0.15) is 12.1 Å². The minimum atomic E-state index is -1.59. The summed E-state index contributed by atoms with van der Waals surface area (Å²) in [5, 5.41) is 27.0. The fraction of sp³-hybridized carbons (Fsp3) is 0.458. The van der Waals surface area contributed by atoms with Crippen molar-refractivity contribution >= 4 is 53.2 Å². The number of aliphatic hydroxyl groups excluding tert-OH is 1. The molecular formula is C24H36N8O6S. The summed E-state index contributed by atoms with van der Waals surface area (Å²) in [6, 6.07) is 2.62. The van der Waals surface area contributed by atoms with Gasteiger partial charge in [-0.3, -0.25) is 19.4 Å². The predicted octanol–water partition coefficient (Wildman–Crippen LogP) is -2.06. The third-order valence-electron chi connectivity index (χ3n) is 5.89. The van der Waals surface area contributed by atoms with Crippen LogP contribution in [0.5, 0.6) is 0 Å². The van der Waals surface area contributed by atoms with Crippen LogP contribution in [-0.4, -0.2) is 87.4 Å². The van der Waals surface area contributed by atoms with Crippen LogP contribution in [0.25, 0.3) is 10.9 Å². The van der Waals surface area contributed by atoms with Crippen LogP contribution >= 0.6 is 12.6 Å². The molecule has 5 unspecified atom stereocenters. The number of hydrogen-bond acceptors (Lipinski definition) is 8. The van der Waals surface area contributed by atoms with Gasteiger partial charge in [0.15, 0.2) is 12.0 Å². The van der Waals surface area contributed by atoms with Crippen LogP contribution in [0.3, 0.4) is 0 Å². The third kappa shape index (κ3) is 9.46. The summed E-state index contributed by atoms with van der Waals surface area (Å²) in [4.78, 5) is 57.0. The van der Waals surface area contributed by atoms with Crippen molar-refractivity contribution in [1.29, 1.82) is 0 Å². The zero-order valence-corrected chi connectivity index (χ0v) is 22.4. The fourth-order valence-corrected chi connectivity index (χ4v) is 4.05. The first-order chi connectivity index (χ1) is 18.4. The number of rotatable bonds is 15. The first kappa shape index (κ1) is 31.4. The normalized spacial score (nSPS) is 14.9. The van der Waals surface area contributed by atoms with Gasteiger partial charge in [0.05, 0.1) is 12.1 Å². The van der Waals surface area contributed by atoms with E-state index in [9.17, 15) is 29.4 Å². The Bertz CT molecular complexity index is 1180. The maximum Gasteiger partial charge on any atom is 0.328 e. The molecule has 1 heterocycles. The Morgan fingerprint density at radius 2 is 1.69 bits per heavy atom. The van der Waals surface area contributed by atoms with E-state index in [2.05, 4.69) is 38.6 Å². The molecule has 0 bridgehead atoms. The van der Waals surface area contributed by atoms with Crippen molar-refractivity contribution in [2.24, 2.45) is 22.2 Å². The Morgan fingerprint density at radius 3 is 2.31 bits per heavy atom. The van der Waals surface area contributed by atoms with Gasteiger partial charge in [-0.25, -0.2) is 4.79 Å². The number of aromatic nitrogens is 1. The Kier molecular flexibility index (Phi) is 12.0. The Hall–Kier alpha value is -3.82. The van der Waals surface area contributed by atoms with E-state index in [1.807, 2.05) is 24.3 Å². The van der Waals surface area contributed by atoms with E-state index >= 15 is 0 Å². The number of nitrogens with one attached hydrogen (secondary N) is 4. The van der Waals surface area contributed by atoms with Gasteiger partial charge in [0, 0.05) is 29.4 Å². The van der Waals surface area contributed by atoms with Crippen LogP contribution in [0.1, 0.15) is 25.3 Å². The second kappa shape index (κ2) is 14.9. The highest BCUT2D eigenvalue weighted by Gasteiger charge is 2.31. The van der Waals surface area contributed by atoms with Crippen molar-refractivity contribution in [1.82, 2.24) is 20.9 Å². The number of aromatic amines is 1. The first-order valence-electron chi connectivity index (χ1n) is 12.2. The highest BCUT2D eigenvalue weighted by Crippen LogP contribution is 2.18. The van der Waals surface area contributed by atoms with E-state index in [1.165, 1.54) is 6.92 Å². The smallest absolute Gasteiger partial charge is 0.328 e. The number of para-hydroxylation sites is 1. The molecule has 1 aromatic heterocycles. The van der Waals surface area contributed by atoms with Gasteiger partial charge in [0.2, 0.25) is 17.7 Å². The molecule has 0 aliphatic heterocycles. The number of H-pyrrole nitrogens is 1. The lowest BCUT2D eigenvalue weighted by atomic mass is 10.0. The van der Waals surface area contributed by atoms with Crippen molar-refractivity contribution in [2.45, 2.75) is 56.5 Å². The summed E-state index contributed by atoms with van der Waals surface area (Å²) in [5.74, 6) is -3.93. The number of aliphatic carboxylic acids is 1. The summed E-state index contributed by atoms with van der Waals surface area (Å²) in [5.41, 5.74) is 18.6. The fourth-order valence-electron chi connectivity index (χ4n) is 3.79. The number of benzene rings is 1. The molecule has 14 nitrogen and oxygen atoms in total. The maximum atomic E-state index is 13.1. The average molecular weight is 565 g/mol. The lowest BCUT2D eigenvalue weighted by Gasteiger charge is -2.25. The van der Waals surface area contributed by atoms with Gasteiger partial charge in [0.25, 0.3) is 0 Å². The molecule has 1 aromatic carbocycles. The molecule has 5 atom stereocenters. The SMILES string of the molecule is CC(O)C(NC(=O)C(CS)NC(=O)C(CCCN=C(N)N)NC(=O)C(N)Cc1c[nH]c2ccccc12)C(=O)O. The van der Waals surface area contributed by atoms with Gasteiger partial charge < -0.3 is 48.3 Å². The quantitative estimate of drug-likeness (QED) is 0.0493. The van der Waals surface area contributed by atoms with Crippen LogP contribution < -0.4 is 33.2 Å². The van der Waals surface area contributed by atoms with Crippen LogP contribution in [0.4, 0.5) is 0 Å². The average Bonchev–Trinajstić information content (AvgIpc) is 3.29. The molecule has 15 heteroatoms. The molecule has 0 aliphatic rings. The van der Waals surface area contributed by atoms with E-state index in [0.717, 1.165) is 16.5 Å².